The lowest BCUT2D eigenvalue weighted by atomic mass is 9.76. The maximum absolute atomic E-state index is 12.3. The first-order valence-corrected chi connectivity index (χ1v) is 7.85. The lowest BCUT2D eigenvalue weighted by molar-refractivity contribution is 0.0600. The third-order valence-electron chi connectivity index (χ3n) is 4.56. The van der Waals surface area contributed by atoms with E-state index in [2.05, 4.69) is 5.32 Å². The molecule has 0 bridgehead atoms. The molecule has 1 amide bonds. The molecule has 25 heavy (non-hydrogen) atoms. The zero-order valence-corrected chi connectivity index (χ0v) is 14.0. The molecule has 1 atom stereocenters. The molecule has 1 aliphatic heterocycles. The Balaban J connectivity index is 2.27. The highest BCUT2D eigenvalue weighted by Crippen LogP contribution is 2.45. The highest BCUT2D eigenvalue weighted by atomic mass is 16.5. The van der Waals surface area contributed by atoms with Gasteiger partial charge >= 0.3 is 5.97 Å². The molecule has 0 aliphatic carbocycles. The fourth-order valence-electron chi connectivity index (χ4n) is 3.17. The summed E-state index contributed by atoms with van der Waals surface area (Å²) in [4.78, 5) is 24.3. The molecule has 1 heterocycles. The second-order valence-electron chi connectivity index (χ2n) is 5.87. The van der Waals surface area contributed by atoms with Gasteiger partial charge in [-0.1, -0.05) is 30.3 Å². The average Bonchev–Trinajstić information content (AvgIpc) is 3.06. The van der Waals surface area contributed by atoms with Crippen molar-refractivity contribution >= 4 is 11.9 Å². The van der Waals surface area contributed by atoms with Crippen LogP contribution in [0.15, 0.2) is 42.5 Å². The molecule has 0 aromatic heterocycles. The van der Waals surface area contributed by atoms with Crippen LogP contribution in [0, 0.1) is 0 Å². The van der Waals surface area contributed by atoms with Crippen LogP contribution in [-0.2, 0) is 10.2 Å². The highest BCUT2D eigenvalue weighted by Gasteiger charge is 2.44. The molecule has 0 radical (unpaired) electrons. The van der Waals surface area contributed by atoms with E-state index in [4.69, 9.17) is 9.47 Å². The van der Waals surface area contributed by atoms with Crippen molar-refractivity contribution in [1.82, 2.24) is 5.32 Å². The molecule has 3 rings (SSSR count). The molecule has 2 aromatic rings. The minimum absolute atomic E-state index is 0.178. The van der Waals surface area contributed by atoms with E-state index in [1.54, 1.807) is 6.07 Å². The fourth-order valence-corrected chi connectivity index (χ4v) is 3.17. The number of hydrogen-bond donors (Lipinski definition) is 2. The molecule has 0 saturated carbocycles. The van der Waals surface area contributed by atoms with Crippen LogP contribution in [0.2, 0.25) is 0 Å². The Labute approximate surface area is 145 Å². The van der Waals surface area contributed by atoms with E-state index >= 15 is 0 Å². The van der Waals surface area contributed by atoms with Crippen molar-refractivity contribution in [3.8, 4) is 5.75 Å². The summed E-state index contributed by atoms with van der Waals surface area (Å²) in [5.41, 5.74) is 1.08. The molecule has 0 unspecified atom stereocenters. The molecule has 0 spiro atoms. The van der Waals surface area contributed by atoms with Gasteiger partial charge in [-0.2, -0.15) is 0 Å². The normalized spacial score (nSPS) is 18.2. The number of methoxy groups -OCH3 is 1. The molecular formula is C19H19NO5. The molecule has 2 aromatic carbocycles. The van der Waals surface area contributed by atoms with Gasteiger partial charge in [0.2, 0.25) is 0 Å². The Morgan fingerprint density at radius 3 is 2.60 bits per heavy atom. The van der Waals surface area contributed by atoms with Gasteiger partial charge in [-0.3, -0.25) is 4.79 Å². The van der Waals surface area contributed by atoms with E-state index in [0.29, 0.717) is 11.3 Å². The highest BCUT2D eigenvalue weighted by molar-refractivity contribution is 6.01. The standard InChI is InChI=1S/C19H19NO5/c1-20-17(22)14-8-12(18(23)24-2)9-15-16(14)25-11-19(15,10-21)13-6-4-3-5-7-13/h3-9,21H,10-11H2,1-2H3,(H,20,22)/t19-/m0/s1. The Bertz CT molecular complexity index is 818. The first kappa shape index (κ1) is 17.0. The number of aliphatic hydroxyl groups is 1. The first-order chi connectivity index (χ1) is 12.1. The molecule has 130 valence electrons. The SMILES string of the molecule is CNC(=O)c1cc(C(=O)OC)cc2c1OC[C@@]2(CO)c1ccccc1. The number of hydrogen-bond acceptors (Lipinski definition) is 5. The van der Waals surface area contributed by atoms with Crippen LogP contribution in [0.1, 0.15) is 31.8 Å². The summed E-state index contributed by atoms with van der Waals surface area (Å²) < 4.78 is 10.6. The van der Waals surface area contributed by atoms with Gasteiger partial charge in [0.15, 0.2) is 0 Å². The Morgan fingerprint density at radius 1 is 1.28 bits per heavy atom. The summed E-state index contributed by atoms with van der Waals surface area (Å²) in [6, 6.07) is 12.5. The van der Waals surface area contributed by atoms with Crippen molar-refractivity contribution < 1.29 is 24.2 Å². The lowest BCUT2D eigenvalue weighted by Crippen LogP contribution is -2.34. The number of ether oxygens (including phenoxy) is 2. The second kappa shape index (κ2) is 6.57. The van der Waals surface area contributed by atoms with Crippen molar-refractivity contribution in [3.05, 3.63) is 64.7 Å². The van der Waals surface area contributed by atoms with E-state index in [1.165, 1.54) is 20.2 Å². The Hall–Kier alpha value is -2.86. The van der Waals surface area contributed by atoms with Crippen LogP contribution >= 0.6 is 0 Å². The molecule has 0 fully saturated rings. The molecular weight excluding hydrogens is 322 g/mol. The molecule has 6 heteroatoms. The van der Waals surface area contributed by atoms with Gasteiger partial charge in [0.05, 0.1) is 30.3 Å². The van der Waals surface area contributed by atoms with E-state index < -0.39 is 11.4 Å². The number of benzene rings is 2. The monoisotopic (exact) mass is 341 g/mol. The number of amides is 1. The quantitative estimate of drug-likeness (QED) is 0.824. The topological polar surface area (TPSA) is 84.9 Å². The number of nitrogens with one attached hydrogen (secondary N) is 1. The predicted octanol–water partition coefficient (Wildman–Crippen LogP) is 1.50. The van der Waals surface area contributed by atoms with Crippen molar-refractivity contribution in [3.63, 3.8) is 0 Å². The third kappa shape index (κ3) is 2.64. The summed E-state index contributed by atoms with van der Waals surface area (Å²) >= 11 is 0. The van der Waals surface area contributed by atoms with Crippen LogP contribution in [0.3, 0.4) is 0 Å². The van der Waals surface area contributed by atoms with E-state index in [0.717, 1.165) is 5.56 Å². The summed E-state index contributed by atoms with van der Waals surface area (Å²) in [5, 5.41) is 12.7. The largest absolute Gasteiger partial charge is 0.491 e. The van der Waals surface area contributed by atoms with Crippen molar-refractivity contribution in [2.75, 3.05) is 27.4 Å². The number of aliphatic hydroxyl groups excluding tert-OH is 1. The van der Waals surface area contributed by atoms with Crippen molar-refractivity contribution in [2.24, 2.45) is 0 Å². The number of carbonyl (C=O) groups excluding carboxylic acids is 2. The summed E-state index contributed by atoms with van der Waals surface area (Å²) in [5.74, 6) is -0.548. The van der Waals surface area contributed by atoms with Crippen LogP contribution in [-0.4, -0.2) is 44.4 Å². The van der Waals surface area contributed by atoms with Crippen LogP contribution in [0.25, 0.3) is 0 Å². The van der Waals surface area contributed by atoms with Crippen LogP contribution in [0.5, 0.6) is 5.75 Å². The van der Waals surface area contributed by atoms with Crippen LogP contribution in [0.4, 0.5) is 0 Å². The van der Waals surface area contributed by atoms with Gasteiger partial charge in [0, 0.05) is 12.6 Å². The Kier molecular flexibility index (Phi) is 4.46. The molecule has 2 N–H and O–H groups in total. The maximum atomic E-state index is 12.3. The van der Waals surface area contributed by atoms with E-state index in [1.807, 2.05) is 30.3 Å². The van der Waals surface area contributed by atoms with Crippen molar-refractivity contribution in [2.45, 2.75) is 5.41 Å². The third-order valence-corrected chi connectivity index (χ3v) is 4.56. The maximum Gasteiger partial charge on any atom is 0.337 e. The van der Waals surface area contributed by atoms with Gasteiger partial charge in [-0.05, 0) is 17.7 Å². The molecule has 6 nitrogen and oxygen atoms in total. The van der Waals surface area contributed by atoms with Gasteiger partial charge in [0.25, 0.3) is 5.91 Å². The zero-order chi connectivity index (χ0) is 18.0. The van der Waals surface area contributed by atoms with Crippen molar-refractivity contribution in [1.29, 1.82) is 0 Å². The number of rotatable bonds is 4. The zero-order valence-electron chi connectivity index (χ0n) is 14.0. The van der Waals surface area contributed by atoms with Crippen LogP contribution < -0.4 is 10.1 Å². The van der Waals surface area contributed by atoms with E-state index in [-0.39, 0.29) is 30.2 Å². The summed E-state index contributed by atoms with van der Waals surface area (Å²) in [6.07, 6.45) is 0. The van der Waals surface area contributed by atoms with Gasteiger partial charge < -0.3 is 19.9 Å². The second-order valence-corrected chi connectivity index (χ2v) is 5.87. The number of carbonyl (C=O) groups is 2. The summed E-state index contributed by atoms with van der Waals surface area (Å²) in [7, 11) is 2.78. The average molecular weight is 341 g/mol. The predicted molar refractivity (Wildman–Crippen MR) is 91.0 cm³/mol. The van der Waals surface area contributed by atoms with Gasteiger partial charge in [0.1, 0.15) is 12.4 Å². The fraction of sp³-hybridized carbons (Fsp3) is 0.263. The minimum Gasteiger partial charge on any atom is -0.491 e. The molecule has 1 aliphatic rings. The lowest BCUT2D eigenvalue weighted by Gasteiger charge is -2.26. The number of esters is 1. The van der Waals surface area contributed by atoms with Gasteiger partial charge in [-0.15, -0.1) is 0 Å². The van der Waals surface area contributed by atoms with E-state index in [9.17, 15) is 14.7 Å². The van der Waals surface area contributed by atoms with Gasteiger partial charge in [-0.25, -0.2) is 4.79 Å². The first-order valence-electron chi connectivity index (χ1n) is 7.85. The smallest absolute Gasteiger partial charge is 0.337 e. The summed E-state index contributed by atoms with van der Waals surface area (Å²) in [6.45, 7) is -0.0424. The Morgan fingerprint density at radius 2 is 2.00 bits per heavy atom. The number of fused-ring (bicyclic) bond motifs is 1. The molecule has 0 saturated heterocycles. The minimum atomic E-state index is -0.844.